The maximum Gasteiger partial charge on any atom is 0.246 e. The second kappa shape index (κ2) is 28.5. The fourth-order valence-electron chi connectivity index (χ4n) is 13.8. The molecule has 6 N–H and O–H groups in total. The smallest absolute Gasteiger partial charge is 0.246 e. The van der Waals surface area contributed by atoms with Crippen LogP contribution in [0.25, 0.3) is 0 Å². The summed E-state index contributed by atoms with van der Waals surface area (Å²) in [5.41, 5.74) is 4.60. The number of piperazine rings is 1. The highest BCUT2D eigenvalue weighted by atomic mass is 16.5. The van der Waals surface area contributed by atoms with Gasteiger partial charge in [0.25, 0.3) is 0 Å². The number of nitrogens with one attached hydrogen (secondary N) is 6. The van der Waals surface area contributed by atoms with Gasteiger partial charge in [0, 0.05) is 52.1 Å². The molecule has 7 aliphatic rings. The molecular weight excluding hydrogens is 1040 g/mol. The number of benzene rings is 2. The van der Waals surface area contributed by atoms with Gasteiger partial charge in [-0.1, -0.05) is 74.2 Å². The monoisotopic (exact) mass is 1130 g/mol. The summed E-state index contributed by atoms with van der Waals surface area (Å²) in [6.07, 6.45) is 12.1. The third-order valence-corrected chi connectivity index (χ3v) is 18.9. The van der Waals surface area contributed by atoms with Crippen molar-refractivity contribution in [2.24, 2.45) is 11.8 Å². The van der Waals surface area contributed by atoms with Gasteiger partial charge in [-0.15, -0.1) is 0 Å². The average Bonchev–Trinajstić information content (AvgIpc) is 4.39. The first-order valence-electron chi connectivity index (χ1n) is 30.8. The Morgan fingerprint density at radius 2 is 0.902 bits per heavy atom. The van der Waals surface area contributed by atoms with E-state index in [-0.39, 0.29) is 123 Å². The number of hydrogen-bond donors (Lipinski definition) is 6. The van der Waals surface area contributed by atoms with E-state index in [0.717, 1.165) is 101 Å². The molecule has 5 fully saturated rings. The molecule has 2 aromatic carbocycles. The van der Waals surface area contributed by atoms with E-state index < -0.39 is 48.5 Å². The van der Waals surface area contributed by atoms with Gasteiger partial charge >= 0.3 is 0 Å². The zero-order valence-corrected chi connectivity index (χ0v) is 48.8. The zero-order chi connectivity index (χ0) is 57.9. The predicted molar refractivity (Wildman–Crippen MR) is 307 cm³/mol. The van der Waals surface area contributed by atoms with Gasteiger partial charge in [-0.25, -0.2) is 0 Å². The van der Waals surface area contributed by atoms with E-state index in [0.29, 0.717) is 26.2 Å². The van der Waals surface area contributed by atoms with Crippen LogP contribution in [0.1, 0.15) is 151 Å². The fraction of sp³-hybridized carbons (Fsp3) is 0.677. The lowest BCUT2D eigenvalue weighted by molar-refractivity contribution is -0.143. The molecule has 0 radical (unpaired) electrons. The van der Waals surface area contributed by atoms with Gasteiger partial charge in [0.1, 0.15) is 24.2 Å². The van der Waals surface area contributed by atoms with Crippen LogP contribution >= 0.6 is 0 Å². The number of ether oxygens (including phenoxy) is 2. The molecule has 3 aliphatic heterocycles. The number of rotatable bonds is 22. The predicted octanol–water partition coefficient (Wildman–Crippen LogP) is 3.36. The topological polar surface area (TPSA) is 240 Å². The molecule has 9 rings (SSSR count). The van der Waals surface area contributed by atoms with Gasteiger partial charge in [0.05, 0.1) is 62.4 Å². The first kappa shape index (κ1) is 60.6. The number of nitrogens with zero attached hydrogens (tertiary/aromatic N) is 4. The molecule has 8 amide bonds. The quantitative estimate of drug-likeness (QED) is 0.0996. The number of carbonyl (C=O) groups is 8. The Labute approximate surface area is 484 Å². The van der Waals surface area contributed by atoms with Crippen molar-refractivity contribution in [1.82, 2.24) is 51.5 Å². The number of carbonyl (C=O) groups excluding carboxylic acids is 8. The van der Waals surface area contributed by atoms with Crippen LogP contribution in [0, 0.1) is 11.8 Å². The van der Waals surface area contributed by atoms with Crippen LogP contribution in [0.2, 0.25) is 0 Å². The van der Waals surface area contributed by atoms with E-state index in [1.54, 1.807) is 47.5 Å². The first-order chi connectivity index (χ1) is 39.7. The molecular formula is C62H90N10O10. The number of hydrogen-bond acceptors (Lipinski definition) is 12. The fourth-order valence-corrected chi connectivity index (χ4v) is 13.8. The highest BCUT2D eigenvalue weighted by Crippen LogP contribution is 2.36. The normalized spacial score (nSPS) is 25.4. The van der Waals surface area contributed by atoms with Crippen LogP contribution in [0.15, 0.2) is 48.5 Å². The highest BCUT2D eigenvalue weighted by molar-refractivity contribution is 5.95. The van der Waals surface area contributed by atoms with Gasteiger partial charge in [0.2, 0.25) is 47.3 Å². The van der Waals surface area contributed by atoms with Crippen LogP contribution < -0.4 is 31.9 Å². The van der Waals surface area contributed by atoms with Crippen LogP contribution in [-0.2, 0) is 60.7 Å². The Balaban J connectivity index is 0.768. The third-order valence-electron chi connectivity index (χ3n) is 18.9. The Morgan fingerprint density at radius 3 is 1.28 bits per heavy atom. The maximum absolute atomic E-state index is 14.7. The van der Waals surface area contributed by atoms with Crippen LogP contribution in [0.3, 0.4) is 0 Å². The largest absolute Gasteiger partial charge is 0.376 e. The summed E-state index contributed by atoms with van der Waals surface area (Å²) < 4.78 is 12.7. The lowest BCUT2D eigenvalue weighted by Crippen LogP contribution is -2.57. The van der Waals surface area contributed by atoms with Crippen LogP contribution in [0.5, 0.6) is 0 Å². The lowest BCUT2D eigenvalue weighted by Gasteiger charge is -2.35. The Bertz CT molecular complexity index is 2410. The van der Waals surface area contributed by atoms with Crippen molar-refractivity contribution in [2.75, 3.05) is 66.6 Å². The summed E-state index contributed by atoms with van der Waals surface area (Å²) in [6, 6.07) is 11.7. The summed E-state index contributed by atoms with van der Waals surface area (Å²) in [6.45, 7) is 5.35. The van der Waals surface area contributed by atoms with Crippen molar-refractivity contribution >= 4 is 47.3 Å². The SMILES string of the molecule is CN[C@@H](C)C(=O)N[C@H](C(=O)N1C[C@@H](OCCC(=O)N2CCN(C(=O)CCO[C@H]3C[C@@H](C(=O)N[C@@H]4CCCc5ccccc54)N(C(=O)[C@@H](NC(=O)[C@H](C)NC)C4CCCC4)C3)CC2)C[C@H]1C(=O)N[C@@H]1CCCc2ccccc21)C1CCCC1. The van der Waals surface area contributed by atoms with E-state index in [9.17, 15) is 38.4 Å². The molecule has 0 aromatic heterocycles. The number of likely N-dealkylation sites (N-methyl/N-ethyl adjacent to an activating group) is 2. The molecule has 3 heterocycles. The van der Waals surface area contributed by atoms with Crippen molar-refractivity contribution in [2.45, 2.75) is 190 Å². The van der Waals surface area contributed by atoms with Crippen molar-refractivity contribution in [3.63, 3.8) is 0 Å². The minimum atomic E-state index is -0.821. The number of fused-ring (bicyclic) bond motifs is 2. The van der Waals surface area contributed by atoms with Gasteiger partial charge < -0.3 is 61.0 Å². The summed E-state index contributed by atoms with van der Waals surface area (Å²) in [5.74, 6) is -1.96. The molecule has 4 aliphatic carbocycles. The molecule has 0 spiro atoms. The van der Waals surface area contributed by atoms with Gasteiger partial charge in [-0.2, -0.15) is 0 Å². The van der Waals surface area contributed by atoms with Crippen molar-refractivity contribution in [1.29, 1.82) is 0 Å². The highest BCUT2D eigenvalue weighted by Gasteiger charge is 2.48. The molecule has 10 atom stereocenters. The summed E-state index contributed by atoms with van der Waals surface area (Å²) in [5, 5.41) is 18.6. The van der Waals surface area contributed by atoms with Crippen molar-refractivity contribution < 1.29 is 47.8 Å². The van der Waals surface area contributed by atoms with E-state index in [1.165, 1.54) is 11.1 Å². The minimum absolute atomic E-state index is 0.0483. The third kappa shape index (κ3) is 14.7. The van der Waals surface area contributed by atoms with Gasteiger partial charge in [0.15, 0.2) is 0 Å². The molecule has 82 heavy (non-hydrogen) atoms. The molecule has 2 saturated carbocycles. The summed E-state index contributed by atoms with van der Waals surface area (Å²) in [4.78, 5) is 119. The number of amides is 8. The number of aryl methyl sites for hydroxylation is 2. The average molecular weight is 1140 g/mol. The standard InChI is InChI=1S/C62H90N10O10/c1-39(63-3)57(75)67-55(43-17-5-6-18-43)61(79)71-37-45(35-51(71)59(77)65-49-25-13-21-41-15-9-11-23-47(41)49)81-33-27-53(73)69-29-31-70(32-30-69)54(74)28-34-82-46-36-52(60(78)66-50-26-14-22-42-16-10-12-24-48(42)50)72(38-46)62(80)56(44-19-7-8-20-44)68-58(76)40(2)64-4/h9-12,15-16,23-24,39-40,43-46,49-52,55-56,63-64H,5-8,13-14,17-22,25-38H2,1-4H3,(H,65,77)(H,66,78)(H,67,75)(H,68,76)/t39-,40-,45-,46-,49+,50+,51-,52-,55-,56-/m0/s1. The van der Waals surface area contributed by atoms with Crippen LogP contribution in [-0.4, -0.2) is 182 Å². The molecule has 2 aromatic rings. The summed E-state index contributed by atoms with van der Waals surface area (Å²) >= 11 is 0. The summed E-state index contributed by atoms with van der Waals surface area (Å²) in [7, 11) is 3.40. The zero-order valence-electron chi connectivity index (χ0n) is 48.8. The molecule has 20 nitrogen and oxygen atoms in total. The number of likely N-dealkylation sites (tertiary alicyclic amines) is 2. The first-order valence-corrected chi connectivity index (χ1v) is 30.8. The van der Waals surface area contributed by atoms with Gasteiger partial charge in [-0.3, -0.25) is 38.4 Å². The Kier molecular flexibility index (Phi) is 21.1. The Hall–Kier alpha value is -5.96. The van der Waals surface area contributed by atoms with Crippen molar-refractivity contribution in [3.8, 4) is 0 Å². The van der Waals surface area contributed by atoms with E-state index in [1.807, 2.05) is 24.3 Å². The second-order valence-electron chi connectivity index (χ2n) is 24.1. The molecule has 448 valence electrons. The minimum Gasteiger partial charge on any atom is -0.376 e. The second-order valence-corrected chi connectivity index (χ2v) is 24.1. The van der Waals surface area contributed by atoms with E-state index in [4.69, 9.17) is 9.47 Å². The van der Waals surface area contributed by atoms with E-state index >= 15 is 0 Å². The van der Waals surface area contributed by atoms with E-state index in [2.05, 4.69) is 56.2 Å². The molecule has 20 heteroatoms. The molecule has 0 bridgehead atoms. The molecule has 3 saturated heterocycles. The maximum atomic E-state index is 14.7. The van der Waals surface area contributed by atoms with Crippen molar-refractivity contribution in [3.05, 3.63) is 70.8 Å². The van der Waals surface area contributed by atoms with Gasteiger partial charge in [-0.05, 0) is 126 Å². The Morgan fingerprint density at radius 1 is 0.524 bits per heavy atom. The van der Waals surface area contributed by atoms with Crippen LogP contribution in [0.4, 0.5) is 0 Å². The molecule has 0 unspecified atom stereocenters. The lowest BCUT2D eigenvalue weighted by atomic mass is 9.87.